The van der Waals surface area contributed by atoms with Crippen molar-refractivity contribution >= 4 is 40.9 Å². The van der Waals surface area contributed by atoms with Gasteiger partial charge in [-0.25, -0.2) is 0 Å². The van der Waals surface area contributed by atoms with Crippen LogP contribution in [0.2, 0.25) is 0 Å². The number of hydrogen-bond donors (Lipinski definition) is 1. The lowest BCUT2D eigenvalue weighted by Gasteiger charge is -2.39. The number of benzene rings is 2. The first kappa shape index (κ1) is 30.3. The van der Waals surface area contributed by atoms with Gasteiger partial charge in [0.2, 0.25) is 11.8 Å². The van der Waals surface area contributed by atoms with Gasteiger partial charge in [-0.2, -0.15) is 0 Å². The number of methoxy groups -OCH3 is 1. The third-order valence-electron chi connectivity index (χ3n) is 9.25. The summed E-state index contributed by atoms with van der Waals surface area (Å²) in [6, 6.07) is 13.2. The predicted molar refractivity (Wildman–Crippen MR) is 171 cm³/mol. The van der Waals surface area contributed by atoms with Gasteiger partial charge in [0.1, 0.15) is 17.5 Å². The Hall–Kier alpha value is -3.76. The Morgan fingerprint density at radius 1 is 0.909 bits per heavy atom. The summed E-state index contributed by atoms with van der Waals surface area (Å²) in [6.07, 6.45) is 7.96. The van der Waals surface area contributed by atoms with E-state index in [1.807, 2.05) is 81.5 Å². The van der Waals surface area contributed by atoms with Crippen molar-refractivity contribution in [2.45, 2.75) is 42.9 Å². The van der Waals surface area contributed by atoms with E-state index in [9.17, 15) is 19.5 Å². The molecule has 3 amide bonds. The quantitative estimate of drug-likeness (QED) is 0.449. The molecular formula is C34H39N3O6S. The Bertz CT molecular complexity index is 1470. The lowest BCUT2D eigenvalue weighted by atomic mass is 9.78. The van der Waals surface area contributed by atoms with E-state index in [4.69, 9.17) is 9.47 Å². The molecule has 4 heterocycles. The molecule has 232 valence electrons. The van der Waals surface area contributed by atoms with Gasteiger partial charge >= 0.3 is 0 Å². The third-order valence-corrected chi connectivity index (χ3v) is 11.0. The molecule has 44 heavy (non-hydrogen) atoms. The first-order chi connectivity index (χ1) is 21.2. The highest BCUT2D eigenvalue weighted by molar-refractivity contribution is 8.02. The minimum absolute atomic E-state index is 0.111. The molecule has 4 aliphatic heterocycles. The molecule has 0 radical (unpaired) electrons. The van der Waals surface area contributed by atoms with Gasteiger partial charge in [-0.15, -0.1) is 11.8 Å². The highest BCUT2D eigenvalue weighted by atomic mass is 32.2. The molecule has 0 aliphatic carbocycles. The largest absolute Gasteiger partial charge is 0.497 e. The van der Waals surface area contributed by atoms with Crippen LogP contribution in [0.15, 0.2) is 72.8 Å². The van der Waals surface area contributed by atoms with E-state index in [0.717, 1.165) is 11.4 Å². The van der Waals surface area contributed by atoms with E-state index in [2.05, 4.69) is 0 Å². The maximum Gasteiger partial charge on any atom is 0.251 e. The number of rotatable bonds is 8. The van der Waals surface area contributed by atoms with Crippen molar-refractivity contribution in [3.8, 4) is 11.5 Å². The van der Waals surface area contributed by atoms with Crippen LogP contribution < -0.4 is 19.3 Å². The number of anilines is 2. The van der Waals surface area contributed by atoms with E-state index >= 15 is 0 Å². The summed E-state index contributed by atoms with van der Waals surface area (Å²) < 4.78 is 9.94. The normalized spacial score (nSPS) is 28.5. The van der Waals surface area contributed by atoms with E-state index in [1.54, 1.807) is 33.9 Å². The summed E-state index contributed by atoms with van der Waals surface area (Å²) in [7, 11) is 1.59. The number of carbonyl (C=O) groups excluding carboxylic acids is 3. The molecular weight excluding hydrogens is 578 g/mol. The van der Waals surface area contributed by atoms with Crippen LogP contribution in [-0.4, -0.2) is 83.2 Å². The highest BCUT2D eigenvalue weighted by Gasteiger charge is 2.72. The molecule has 9 nitrogen and oxygen atoms in total. The molecule has 1 unspecified atom stereocenters. The molecule has 1 N–H and O–H groups in total. The van der Waals surface area contributed by atoms with Crippen molar-refractivity contribution in [2.24, 2.45) is 17.8 Å². The summed E-state index contributed by atoms with van der Waals surface area (Å²) in [4.78, 5) is 48.9. The van der Waals surface area contributed by atoms with Crippen LogP contribution in [-0.2, 0) is 14.4 Å². The van der Waals surface area contributed by atoms with E-state index in [0.29, 0.717) is 31.1 Å². The number of aliphatic hydroxyl groups excluding tert-OH is 1. The van der Waals surface area contributed by atoms with Crippen LogP contribution in [0, 0.1) is 17.8 Å². The number of amides is 3. The number of carbonyl (C=O) groups is 3. The zero-order chi connectivity index (χ0) is 31.2. The summed E-state index contributed by atoms with van der Waals surface area (Å²) in [5, 5.41) is 10.3. The number of likely N-dealkylation sites (tertiary alicyclic amines) is 1. The molecule has 1 spiro atoms. The maximum absolute atomic E-state index is 14.7. The van der Waals surface area contributed by atoms with Crippen LogP contribution in [0.3, 0.4) is 0 Å². The van der Waals surface area contributed by atoms with Gasteiger partial charge in [0.25, 0.3) is 5.91 Å². The van der Waals surface area contributed by atoms with E-state index in [1.165, 1.54) is 11.8 Å². The van der Waals surface area contributed by atoms with Gasteiger partial charge in [0.05, 0.1) is 42.9 Å². The Morgan fingerprint density at radius 3 is 2.11 bits per heavy atom. The second-order valence-electron chi connectivity index (χ2n) is 11.9. The summed E-state index contributed by atoms with van der Waals surface area (Å²) in [5.74, 6) is -0.788. The molecule has 2 fully saturated rings. The SMILES string of the molecule is CCOc1ccc(N2CC=C[C@@H]3S[C@]45C=CCN(c6ccc(OC)cc6)C(=O)C4N([C@@H](CO)C(C)C)C(=O)[C@@H]5[C@@H]3C2=O)cc1. The molecule has 2 saturated heterocycles. The fourth-order valence-corrected chi connectivity index (χ4v) is 9.16. The second-order valence-corrected chi connectivity index (χ2v) is 13.4. The molecule has 4 aliphatic rings. The Balaban J connectivity index is 1.43. The first-order valence-corrected chi connectivity index (χ1v) is 16.1. The second kappa shape index (κ2) is 12.0. The van der Waals surface area contributed by atoms with Crippen LogP contribution in [0.25, 0.3) is 0 Å². The van der Waals surface area contributed by atoms with Crippen LogP contribution >= 0.6 is 11.8 Å². The van der Waals surface area contributed by atoms with E-state index in [-0.39, 0.29) is 35.5 Å². The average molecular weight is 618 g/mol. The fraction of sp³-hybridized carbons (Fsp3) is 0.441. The maximum atomic E-state index is 14.7. The van der Waals surface area contributed by atoms with Gasteiger partial charge in [-0.3, -0.25) is 14.4 Å². The van der Waals surface area contributed by atoms with Crippen molar-refractivity contribution in [3.63, 3.8) is 0 Å². The van der Waals surface area contributed by atoms with Crippen molar-refractivity contribution in [1.82, 2.24) is 4.90 Å². The lowest BCUT2D eigenvalue weighted by molar-refractivity contribution is -0.142. The fourth-order valence-electron chi connectivity index (χ4n) is 7.17. The summed E-state index contributed by atoms with van der Waals surface area (Å²) in [6.45, 7) is 6.76. The minimum Gasteiger partial charge on any atom is -0.497 e. The molecule has 2 aromatic rings. The number of thioether (sulfide) groups is 1. The molecule has 6 rings (SSSR count). The molecule has 2 aromatic carbocycles. The number of hydrogen-bond acceptors (Lipinski definition) is 7. The molecule has 0 aromatic heterocycles. The van der Waals surface area contributed by atoms with Crippen molar-refractivity contribution < 1.29 is 29.0 Å². The number of ether oxygens (including phenoxy) is 2. The minimum atomic E-state index is -0.977. The lowest BCUT2D eigenvalue weighted by Crippen LogP contribution is -2.57. The van der Waals surface area contributed by atoms with Crippen molar-refractivity contribution in [3.05, 3.63) is 72.8 Å². The summed E-state index contributed by atoms with van der Waals surface area (Å²) >= 11 is 1.53. The molecule has 0 saturated carbocycles. The van der Waals surface area contributed by atoms with Gasteiger partial charge in [-0.05, 0) is 61.4 Å². The number of nitrogens with zero attached hydrogens (tertiary/aromatic N) is 3. The Labute approximate surface area is 262 Å². The van der Waals surface area contributed by atoms with Gasteiger partial charge < -0.3 is 29.3 Å². The van der Waals surface area contributed by atoms with Gasteiger partial charge in [0, 0.05) is 29.7 Å². The van der Waals surface area contributed by atoms with Crippen LogP contribution in [0.4, 0.5) is 11.4 Å². The zero-order valence-corrected chi connectivity index (χ0v) is 26.3. The molecule has 0 bridgehead atoms. The summed E-state index contributed by atoms with van der Waals surface area (Å²) in [5.41, 5.74) is 1.41. The van der Waals surface area contributed by atoms with Gasteiger partial charge in [-0.1, -0.05) is 38.2 Å². The van der Waals surface area contributed by atoms with Crippen LogP contribution in [0.5, 0.6) is 11.5 Å². The molecule has 10 heteroatoms. The topological polar surface area (TPSA) is 99.6 Å². The van der Waals surface area contributed by atoms with Gasteiger partial charge in [0.15, 0.2) is 0 Å². The molecule has 6 atom stereocenters. The Morgan fingerprint density at radius 2 is 1.52 bits per heavy atom. The predicted octanol–water partition coefficient (Wildman–Crippen LogP) is 3.91. The smallest absolute Gasteiger partial charge is 0.251 e. The van der Waals surface area contributed by atoms with E-state index < -0.39 is 28.7 Å². The monoisotopic (exact) mass is 617 g/mol. The van der Waals surface area contributed by atoms with Crippen molar-refractivity contribution in [1.29, 1.82) is 0 Å². The average Bonchev–Trinajstić information content (AvgIpc) is 3.33. The zero-order valence-electron chi connectivity index (χ0n) is 25.5. The Kier molecular flexibility index (Phi) is 8.24. The standard InChI is InChI=1S/C34H39N3O6S/c1-5-43-25-15-11-22(12-16-25)35-18-6-8-27-28(31(35)39)29-32(40)37(26(20-38)21(2)3)30-33(41)36(19-7-17-34(29,30)44-27)23-9-13-24(42-4)14-10-23/h6-17,21,26-30,38H,5,18-20H2,1-4H3/t26-,27-,28+,29-,30?,34-/m0/s1. The van der Waals surface area contributed by atoms with Crippen LogP contribution in [0.1, 0.15) is 20.8 Å². The number of aliphatic hydroxyl groups is 1. The van der Waals surface area contributed by atoms with Crippen molar-refractivity contribution in [2.75, 3.05) is 43.2 Å². The number of fused-ring (bicyclic) bond motifs is 2. The first-order valence-electron chi connectivity index (χ1n) is 15.2. The highest BCUT2D eigenvalue weighted by Crippen LogP contribution is 2.61. The third kappa shape index (κ3) is 4.79.